The van der Waals surface area contributed by atoms with Crippen molar-refractivity contribution in [2.75, 3.05) is 26.8 Å². The van der Waals surface area contributed by atoms with Crippen LogP contribution >= 0.6 is 0 Å². The number of fused-ring (bicyclic) bond motifs is 1. The van der Waals surface area contributed by atoms with Crippen molar-refractivity contribution in [1.29, 1.82) is 0 Å². The van der Waals surface area contributed by atoms with E-state index >= 15 is 0 Å². The van der Waals surface area contributed by atoms with Crippen LogP contribution in [0.4, 0.5) is 9.18 Å². The fourth-order valence-electron chi connectivity index (χ4n) is 6.42. The van der Waals surface area contributed by atoms with Crippen molar-refractivity contribution in [3.05, 3.63) is 65.1 Å². The Morgan fingerprint density at radius 2 is 1.60 bits per heavy atom. The molecule has 0 bridgehead atoms. The van der Waals surface area contributed by atoms with Crippen LogP contribution < -0.4 is 4.74 Å². The number of hydrogen-bond acceptors (Lipinski definition) is 6. The third-order valence-corrected chi connectivity index (χ3v) is 9.02. The largest absolute Gasteiger partial charge is 0.496 e. The van der Waals surface area contributed by atoms with Gasteiger partial charge >= 0.3 is 6.09 Å². The van der Waals surface area contributed by atoms with Gasteiger partial charge in [-0.15, -0.1) is 0 Å². The molecule has 1 aliphatic carbocycles. The van der Waals surface area contributed by atoms with Gasteiger partial charge in [0.25, 0.3) is 5.91 Å². The van der Waals surface area contributed by atoms with Gasteiger partial charge in [0, 0.05) is 36.7 Å². The zero-order chi connectivity index (χ0) is 30.7. The number of Topliss-reactive ketones (excluding diaryl/α,β-unsaturated/α-hetero) is 2. The van der Waals surface area contributed by atoms with Crippen LogP contribution in [0.3, 0.4) is 0 Å². The van der Waals surface area contributed by atoms with Crippen LogP contribution in [0.5, 0.6) is 5.75 Å². The summed E-state index contributed by atoms with van der Waals surface area (Å²) in [6, 6.07) is 9.66. The van der Waals surface area contributed by atoms with Crippen LogP contribution in [-0.4, -0.2) is 59.8 Å². The van der Waals surface area contributed by atoms with Gasteiger partial charge in [-0.25, -0.2) is 9.18 Å². The Kier molecular flexibility index (Phi) is 9.28. The number of ketones is 2. The van der Waals surface area contributed by atoms with Crippen molar-refractivity contribution in [2.45, 2.75) is 58.8 Å². The predicted octanol–water partition coefficient (Wildman–Crippen LogP) is 6.47. The second-order valence-electron chi connectivity index (χ2n) is 11.9. The average molecular weight is 591 g/mol. The standard InChI is InChI=1S/C34H39FN2O6/c1-4-43-34(41)37-20-28(32(39)31(38)24-9-5-21(2)6-10-24)26-18-27(30(42-3)19-29(26)37)33(40)36-15-13-23(14-16-36)17-22-7-11-25(35)12-8-22/h7-8,11-12,18-21,23-24H,4-6,9-10,13-17H2,1-3H3. The lowest BCUT2D eigenvalue weighted by Crippen LogP contribution is -2.39. The summed E-state index contributed by atoms with van der Waals surface area (Å²) in [6.07, 6.45) is 6.19. The molecular formula is C34H39FN2O6. The maximum Gasteiger partial charge on any atom is 0.418 e. The first-order valence-corrected chi connectivity index (χ1v) is 15.2. The number of benzene rings is 2. The number of likely N-dealkylation sites (tertiary alicyclic amines) is 1. The van der Waals surface area contributed by atoms with Crippen molar-refractivity contribution in [2.24, 2.45) is 17.8 Å². The lowest BCUT2D eigenvalue weighted by molar-refractivity contribution is -0.119. The minimum absolute atomic E-state index is 0.0846. The van der Waals surface area contributed by atoms with E-state index in [2.05, 4.69) is 6.92 Å². The first-order valence-electron chi connectivity index (χ1n) is 15.2. The zero-order valence-corrected chi connectivity index (χ0v) is 25.1. The molecule has 1 saturated carbocycles. The Morgan fingerprint density at radius 3 is 2.23 bits per heavy atom. The molecule has 2 fully saturated rings. The molecule has 9 heteroatoms. The first-order chi connectivity index (χ1) is 20.7. The first kappa shape index (κ1) is 30.4. The molecule has 0 spiro atoms. The highest BCUT2D eigenvalue weighted by molar-refractivity contribution is 6.46. The molecule has 228 valence electrons. The van der Waals surface area contributed by atoms with Gasteiger partial charge in [0.2, 0.25) is 11.6 Å². The smallest absolute Gasteiger partial charge is 0.418 e. The van der Waals surface area contributed by atoms with Gasteiger partial charge < -0.3 is 14.4 Å². The van der Waals surface area contributed by atoms with E-state index in [1.165, 1.54) is 30.0 Å². The van der Waals surface area contributed by atoms with E-state index in [4.69, 9.17) is 9.47 Å². The number of methoxy groups -OCH3 is 1. The molecule has 0 N–H and O–H groups in total. The van der Waals surface area contributed by atoms with E-state index in [0.717, 1.165) is 37.7 Å². The van der Waals surface area contributed by atoms with Gasteiger partial charge in [-0.1, -0.05) is 31.9 Å². The number of aromatic nitrogens is 1. The molecule has 5 rings (SSSR count). The summed E-state index contributed by atoms with van der Waals surface area (Å²) in [5, 5.41) is 0.339. The molecule has 3 aromatic rings. The lowest BCUT2D eigenvalue weighted by atomic mass is 9.79. The Balaban J connectivity index is 1.42. The summed E-state index contributed by atoms with van der Waals surface area (Å²) in [7, 11) is 1.45. The Morgan fingerprint density at radius 1 is 0.930 bits per heavy atom. The Labute approximate surface area is 251 Å². The van der Waals surface area contributed by atoms with Crippen molar-refractivity contribution in [3.8, 4) is 5.75 Å². The van der Waals surface area contributed by atoms with Gasteiger partial charge in [-0.05, 0) is 74.6 Å². The summed E-state index contributed by atoms with van der Waals surface area (Å²) < 4.78 is 25.3. The van der Waals surface area contributed by atoms with Crippen molar-refractivity contribution < 1.29 is 33.0 Å². The summed E-state index contributed by atoms with van der Waals surface area (Å²) in [5.74, 6) is -0.797. The number of ether oxygens (including phenoxy) is 2. The van der Waals surface area contributed by atoms with Gasteiger partial charge in [0.05, 0.1) is 30.4 Å². The van der Waals surface area contributed by atoms with Crippen LogP contribution in [0.1, 0.15) is 78.7 Å². The summed E-state index contributed by atoms with van der Waals surface area (Å²) in [5.41, 5.74) is 1.75. The molecule has 2 heterocycles. The van der Waals surface area contributed by atoms with E-state index in [1.54, 1.807) is 36.1 Å². The van der Waals surface area contributed by atoms with Crippen molar-refractivity contribution in [3.63, 3.8) is 0 Å². The highest BCUT2D eigenvalue weighted by Gasteiger charge is 2.33. The SMILES string of the molecule is CCOC(=O)n1cc(C(=O)C(=O)C2CCC(C)CC2)c2cc(C(=O)N3CCC(Cc4ccc(F)cc4)CC3)c(OC)cc21. The van der Waals surface area contributed by atoms with Crippen LogP contribution in [-0.2, 0) is 16.0 Å². The number of piperidine rings is 1. The highest BCUT2D eigenvalue weighted by Crippen LogP contribution is 2.34. The molecule has 1 saturated heterocycles. The fourth-order valence-corrected chi connectivity index (χ4v) is 6.42. The monoisotopic (exact) mass is 590 g/mol. The molecular weight excluding hydrogens is 551 g/mol. The molecule has 0 unspecified atom stereocenters. The lowest BCUT2D eigenvalue weighted by Gasteiger charge is -2.32. The number of carbonyl (C=O) groups is 4. The number of nitrogens with zero attached hydrogens (tertiary/aromatic N) is 2. The number of halogens is 1. The van der Waals surface area contributed by atoms with E-state index in [-0.39, 0.29) is 41.1 Å². The highest BCUT2D eigenvalue weighted by atomic mass is 19.1. The molecule has 0 radical (unpaired) electrons. The second kappa shape index (κ2) is 13.1. The van der Waals surface area contributed by atoms with Crippen LogP contribution in [0.2, 0.25) is 0 Å². The minimum atomic E-state index is -0.685. The molecule has 43 heavy (non-hydrogen) atoms. The number of hydrogen-bond donors (Lipinski definition) is 0. The normalized spacial score (nSPS) is 19.3. The molecule has 1 amide bonds. The topological polar surface area (TPSA) is 94.9 Å². The van der Waals surface area contributed by atoms with Gasteiger partial charge in [-0.2, -0.15) is 0 Å². The number of rotatable bonds is 8. The summed E-state index contributed by atoms with van der Waals surface area (Å²) in [6.45, 7) is 5.05. The molecule has 2 aromatic carbocycles. The van der Waals surface area contributed by atoms with Gasteiger partial charge in [0.1, 0.15) is 11.6 Å². The molecule has 8 nitrogen and oxygen atoms in total. The van der Waals surface area contributed by atoms with Crippen molar-refractivity contribution >= 4 is 34.5 Å². The third-order valence-electron chi connectivity index (χ3n) is 9.02. The maximum absolute atomic E-state index is 13.8. The zero-order valence-electron chi connectivity index (χ0n) is 25.1. The van der Waals surface area contributed by atoms with Gasteiger partial charge in [0.15, 0.2) is 0 Å². The summed E-state index contributed by atoms with van der Waals surface area (Å²) in [4.78, 5) is 55.4. The Hall–Kier alpha value is -4.01. The molecule has 1 aliphatic heterocycles. The number of carbonyl (C=O) groups excluding carboxylic acids is 4. The van der Waals surface area contributed by atoms with E-state index in [9.17, 15) is 23.6 Å². The van der Waals surface area contributed by atoms with E-state index < -0.39 is 17.7 Å². The minimum Gasteiger partial charge on any atom is -0.496 e. The maximum atomic E-state index is 13.8. The molecule has 2 aliphatic rings. The third kappa shape index (κ3) is 6.50. The predicted molar refractivity (Wildman–Crippen MR) is 160 cm³/mol. The molecule has 0 atom stereocenters. The summed E-state index contributed by atoms with van der Waals surface area (Å²) >= 11 is 0. The van der Waals surface area contributed by atoms with Crippen molar-refractivity contribution in [1.82, 2.24) is 9.47 Å². The van der Waals surface area contributed by atoms with Crippen LogP contribution in [0, 0.1) is 23.6 Å². The Bertz CT molecular complexity index is 1510. The van der Waals surface area contributed by atoms with E-state index in [0.29, 0.717) is 48.7 Å². The van der Waals surface area contributed by atoms with E-state index in [1.807, 2.05) is 0 Å². The quantitative estimate of drug-likeness (QED) is 0.221. The van der Waals surface area contributed by atoms with Gasteiger partial charge in [-0.3, -0.25) is 19.0 Å². The fraction of sp³-hybridized carbons (Fsp3) is 0.471. The second-order valence-corrected chi connectivity index (χ2v) is 11.9. The number of amides is 1. The van der Waals surface area contributed by atoms with Crippen LogP contribution in [0.15, 0.2) is 42.6 Å². The molecule has 1 aromatic heterocycles. The average Bonchev–Trinajstić information content (AvgIpc) is 3.40. The van der Waals surface area contributed by atoms with Crippen LogP contribution in [0.25, 0.3) is 10.9 Å².